The van der Waals surface area contributed by atoms with Gasteiger partial charge in [0.05, 0.1) is 12.0 Å². The molecule has 1 aliphatic heterocycles. The van der Waals surface area contributed by atoms with Crippen LogP contribution in [0.2, 0.25) is 0 Å². The molecule has 0 spiro atoms. The SMILES string of the molecule is CCCc1ccc(C(NC(=O)C2CCNC2)C(C)C)cc1. The Morgan fingerprint density at radius 1 is 1.33 bits per heavy atom. The third-order valence-electron chi connectivity index (χ3n) is 4.27. The van der Waals surface area contributed by atoms with Crippen molar-refractivity contribution in [2.24, 2.45) is 11.8 Å². The molecule has 116 valence electrons. The average molecular weight is 288 g/mol. The van der Waals surface area contributed by atoms with Crippen LogP contribution in [0.1, 0.15) is 50.8 Å². The molecular formula is C18H28N2O. The van der Waals surface area contributed by atoms with E-state index in [1.807, 2.05) is 0 Å². The largest absolute Gasteiger partial charge is 0.349 e. The fourth-order valence-corrected chi connectivity index (χ4v) is 2.96. The first kappa shape index (κ1) is 16.0. The molecule has 2 N–H and O–H groups in total. The van der Waals surface area contributed by atoms with Gasteiger partial charge in [-0.3, -0.25) is 4.79 Å². The summed E-state index contributed by atoms with van der Waals surface area (Å²) >= 11 is 0. The van der Waals surface area contributed by atoms with Gasteiger partial charge in [-0.1, -0.05) is 51.5 Å². The van der Waals surface area contributed by atoms with Gasteiger partial charge in [-0.2, -0.15) is 0 Å². The highest BCUT2D eigenvalue weighted by atomic mass is 16.2. The summed E-state index contributed by atoms with van der Waals surface area (Å²) in [5.74, 6) is 0.710. The zero-order valence-corrected chi connectivity index (χ0v) is 13.5. The van der Waals surface area contributed by atoms with Gasteiger partial charge in [-0.25, -0.2) is 0 Å². The van der Waals surface area contributed by atoms with Crippen molar-refractivity contribution in [1.82, 2.24) is 10.6 Å². The van der Waals surface area contributed by atoms with Crippen molar-refractivity contribution in [3.05, 3.63) is 35.4 Å². The minimum absolute atomic E-state index is 0.105. The van der Waals surface area contributed by atoms with Crippen molar-refractivity contribution >= 4 is 5.91 Å². The molecule has 3 nitrogen and oxygen atoms in total. The second kappa shape index (κ2) is 7.60. The second-order valence-electron chi connectivity index (χ2n) is 6.41. The molecule has 3 heteroatoms. The lowest BCUT2D eigenvalue weighted by molar-refractivity contribution is -0.125. The summed E-state index contributed by atoms with van der Waals surface area (Å²) < 4.78 is 0. The molecule has 0 aromatic heterocycles. The normalized spacial score (nSPS) is 19.7. The van der Waals surface area contributed by atoms with E-state index in [4.69, 9.17) is 0 Å². The van der Waals surface area contributed by atoms with E-state index in [1.54, 1.807) is 0 Å². The van der Waals surface area contributed by atoms with E-state index in [1.165, 1.54) is 17.5 Å². The number of carbonyl (C=O) groups excluding carboxylic acids is 1. The van der Waals surface area contributed by atoms with Gasteiger partial charge in [-0.15, -0.1) is 0 Å². The molecule has 1 aromatic rings. The third kappa shape index (κ3) is 4.31. The van der Waals surface area contributed by atoms with E-state index in [-0.39, 0.29) is 17.9 Å². The second-order valence-corrected chi connectivity index (χ2v) is 6.41. The summed E-state index contributed by atoms with van der Waals surface area (Å²) in [5.41, 5.74) is 2.58. The van der Waals surface area contributed by atoms with E-state index in [9.17, 15) is 4.79 Å². The monoisotopic (exact) mass is 288 g/mol. The fraction of sp³-hybridized carbons (Fsp3) is 0.611. The zero-order chi connectivity index (χ0) is 15.2. The van der Waals surface area contributed by atoms with E-state index in [2.05, 4.69) is 55.7 Å². The Labute approximate surface area is 128 Å². The molecule has 21 heavy (non-hydrogen) atoms. The molecule has 1 saturated heterocycles. The Morgan fingerprint density at radius 2 is 2.05 bits per heavy atom. The van der Waals surface area contributed by atoms with Crippen LogP contribution < -0.4 is 10.6 Å². The molecule has 0 radical (unpaired) electrons. The summed E-state index contributed by atoms with van der Waals surface area (Å²) in [4.78, 5) is 12.4. The standard InChI is InChI=1S/C18H28N2O/c1-4-5-14-6-8-15(9-7-14)17(13(2)3)20-18(21)16-10-11-19-12-16/h6-9,13,16-17,19H,4-5,10-12H2,1-3H3,(H,20,21). The predicted octanol–water partition coefficient (Wildman–Crippen LogP) is 3.06. The molecule has 1 fully saturated rings. The molecule has 1 amide bonds. The van der Waals surface area contributed by atoms with Crippen LogP contribution in [0.25, 0.3) is 0 Å². The van der Waals surface area contributed by atoms with Gasteiger partial charge < -0.3 is 10.6 Å². The maximum atomic E-state index is 12.4. The minimum atomic E-state index is 0.105. The van der Waals surface area contributed by atoms with Crippen LogP contribution in [0, 0.1) is 11.8 Å². The van der Waals surface area contributed by atoms with Crippen molar-refractivity contribution in [3.8, 4) is 0 Å². The number of amides is 1. The molecule has 2 atom stereocenters. The topological polar surface area (TPSA) is 41.1 Å². The molecule has 0 aliphatic carbocycles. The highest BCUT2D eigenvalue weighted by Gasteiger charge is 2.26. The molecular weight excluding hydrogens is 260 g/mol. The summed E-state index contributed by atoms with van der Waals surface area (Å²) in [6, 6.07) is 8.83. The molecule has 1 aliphatic rings. The van der Waals surface area contributed by atoms with Crippen molar-refractivity contribution in [2.75, 3.05) is 13.1 Å². The molecule has 1 heterocycles. The van der Waals surface area contributed by atoms with Crippen LogP contribution in [0.15, 0.2) is 24.3 Å². The number of nitrogens with one attached hydrogen (secondary N) is 2. The Kier molecular flexibility index (Phi) is 5.80. The van der Waals surface area contributed by atoms with Crippen LogP contribution in [-0.4, -0.2) is 19.0 Å². The van der Waals surface area contributed by atoms with Crippen molar-refractivity contribution in [3.63, 3.8) is 0 Å². The first-order valence-corrected chi connectivity index (χ1v) is 8.21. The molecule has 2 unspecified atom stereocenters. The quantitative estimate of drug-likeness (QED) is 0.844. The molecule has 0 bridgehead atoms. The summed E-state index contributed by atoms with van der Waals surface area (Å²) in [7, 11) is 0. The van der Waals surface area contributed by atoms with Crippen molar-refractivity contribution in [1.29, 1.82) is 0 Å². The highest BCUT2D eigenvalue weighted by molar-refractivity contribution is 5.79. The number of hydrogen-bond acceptors (Lipinski definition) is 2. The van der Waals surface area contributed by atoms with E-state index in [0.717, 1.165) is 25.9 Å². The molecule has 1 aromatic carbocycles. The lowest BCUT2D eigenvalue weighted by Gasteiger charge is -2.24. The van der Waals surface area contributed by atoms with Crippen LogP contribution in [0.3, 0.4) is 0 Å². The van der Waals surface area contributed by atoms with Gasteiger partial charge in [0.25, 0.3) is 0 Å². The van der Waals surface area contributed by atoms with Crippen LogP contribution >= 0.6 is 0 Å². The van der Waals surface area contributed by atoms with Crippen LogP contribution in [0.4, 0.5) is 0 Å². The highest BCUT2D eigenvalue weighted by Crippen LogP contribution is 2.23. The summed E-state index contributed by atoms with van der Waals surface area (Å²) in [5, 5.41) is 6.50. The van der Waals surface area contributed by atoms with E-state index in [0.29, 0.717) is 5.92 Å². The van der Waals surface area contributed by atoms with Gasteiger partial charge in [0.15, 0.2) is 0 Å². The first-order chi connectivity index (χ1) is 10.1. The average Bonchev–Trinajstić information content (AvgIpc) is 3.00. The lowest BCUT2D eigenvalue weighted by atomic mass is 9.93. The maximum Gasteiger partial charge on any atom is 0.224 e. The fourth-order valence-electron chi connectivity index (χ4n) is 2.96. The van der Waals surface area contributed by atoms with Crippen molar-refractivity contribution in [2.45, 2.75) is 46.1 Å². The number of carbonyl (C=O) groups is 1. The van der Waals surface area contributed by atoms with E-state index >= 15 is 0 Å². The Hall–Kier alpha value is -1.35. The third-order valence-corrected chi connectivity index (χ3v) is 4.27. The number of rotatable bonds is 6. The molecule has 2 rings (SSSR count). The Bertz CT molecular complexity index is 447. The predicted molar refractivity (Wildman–Crippen MR) is 87.1 cm³/mol. The van der Waals surface area contributed by atoms with Crippen molar-refractivity contribution < 1.29 is 4.79 Å². The Balaban J connectivity index is 2.05. The number of hydrogen-bond donors (Lipinski definition) is 2. The summed E-state index contributed by atoms with van der Waals surface area (Å²) in [6.45, 7) is 8.29. The number of benzene rings is 1. The smallest absolute Gasteiger partial charge is 0.224 e. The number of aryl methyl sites for hydroxylation is 1. The van der Waals surface area contributed by atoms with Gasteiger partial charge in [0.2, 0.25) is 5.91 Å². The van der Waals surface area contributed by atoms with E-state index < -0.39 is 0 Å². The summed E-state index contributed by atoms with van der Waals surface area (Å²) in [6.07, 6.45) is 3.23. The molecule has 0 saturated carbocycles. The maximum absolute atomic E-state index is 12.4. The Morgan fingerprint density at radius 3 is 2.57 bits per heavy atom. The van der Waals surface area contributed by atoms with Gasteiger partial charge >= 0.3 is 0 Å². The minimum Gasteiger partial charge on any atom is -0.349 e. The van der Waals surface area contributed by atoms with Crippen LogP contribution in [0.5, 0.6) is 0 Å². The van der Waals surface area contributed by atoms with Gasteiger partial charge in [0.1, 0.15) is 0 Å². The zero-order valence-electron chi connectivity index (χ0n) is 13.5. The van der Waals surface area contributed by atoms with Gasteiger partial charge in [-0.05, 0) is 36.4 Å². The lowest BCUT2D eigenvalue weighted by Crippen LogP contribution is -2.37. The van der Waals surface area contributed by atoms with Crippen LogP contribution in [-0.2, 0) is 11.2 Å². The van der Waals surface area contributed by atoms with Gasteiger partial charge in [0, 0.05) is 6.54 Å². The first-order valence-electron chi connectivity index (χ1n) is 8.21.